The fourth-order valence-electron chi connectivity index (χ4n) is 2.04. The summed E-state index contributed by atoms with van der Waals surface area (Å²) in [7, 11) is 0. The minimum Gasteiger partial charge on any atom is -0.326 e. The quantitative estimate of drug-likeness (QED) is 0.890. The van der Waals surface area contributed by atoms with Gasteiger partial charge in [-0.25, -0.2) is 8.78 Å². The molecule has 4 heteroatoms. The maximum Gasteiger partial charge on any atom is 0.159 e. The smallest absolute Gasteiger partial charge is 0.159 e. The van der Waals surface area contributed by atoms with E-state index in [1.54, 1.807) is 13.8 Å². The summed E-state index contributed by atoms with van der Waals surface area (Å²) in [5, 5.41) is 0. The van der Waals surface area contributed by atoms with Crippen molar-refractivity contribution in [2.24, 2.45) is 11.7 Å². The zero-order valence-electron chi connectivity index (χ0n) is 11.8. The lowest BCUT2D eigenvalue weighted by Gasteiger charge is -2.26. The first kappa shape index (κ1) is 15.8. The highest BCUT2D eigenvalue weighted by Gasteiger charge is 2.28. The second-order valence-corrected chi connectivity index (χ2v) is 5.98. The molecule has 0 saturated heterocycles. The Hall–Kier alpha value is -1.29. The molecule has 0 amide bonds. The second-order valence-electron chi connectivity index (χ2n) is 5.98. The van der Waals surface area contributed by atoms with Crippen molar-refractivity contribution in [2.45, 2.75) is 45.6 Å². The minimum atomic E-state index is -0.936. The van der Waals surface area contributed by atoms with Crippen LogP contribution in [0.5, 0.6) is 0 Å². The van der Waals surface area contributed by atoms with E-state index in [9.17, 15) is 13.6 Å². The maximum absolute atomic E-state index is 13.3. The number of hydrogen-bond acceptors (Lipinski definition) is 2. The average molecular weight is 269 g/mol. The van der Waals surface area contributed by atoms with Crippen molar-refractivity contribution in [3.8, 4) is 0 Å². The zero-order chi connectivity index (χ0) is 14.8. The highest BCUT2D eigenvalue weighted by molar-refractivity contribution is 5.87. The van der Waals surface area contributed by atoms with Crippen LogP contribution in [-0.2, 0) is 4.79 Å². The third-order valence-electron chi connectivity index (χ3n) is 2.99. The molecule has 1 unspecified atom stereocenters. The standard InChI is InChI=1S/C15H21F2NO/c1-9(2)14(19)11(8-15(3,4)18)10-5-6-12(16)13(17)7-10/h5-7,9,11H,8,18H2,1-4H3. The van der Waals surface area contributed by atoms with E-state index in [0.717, 1.165) is 12.1 Å². The van der Waals surface area contributed by atoms with Crippen molar-refractivity contribution in [3.05, 3.63) is 35.4 Å². The SMILES string of the molecule is CC(C)C(=O)C(CC(C)(C)N)c1ccc(F)c(F)c1. The largest absolute Gasteiger partial charge is 0.326 e. The van der Waals surface area contributed by atoms with Crippen LogP contribution in [0.1, 0.15) is 45.6 Å². The normalized spacial score (nSPS) is 13.7. The van der Waals surface area contributed by atoms with E-state index < -0.39 is 23.1 Å². The van der Waals surface area contributed by atoms with Gasteiger partial charge in [-0.2, -0.15) is 0 Å². The van der Waals surface area contributed by atoms with Gasteiger partial charge in [-0.1, -0.05) is 19.9 Å². The van der Waals surface area contributed by atoms with Gasteiger partial charge < -0.3 is 5.73 Å². The molecule has 1 rings (SSSR count). The van der Waals surface area contributed by atoms with Crippen molar-refractivity contribution >= 4 is 5.78 Å². The van der Waals surface area contributed by atoms with Gasteiger partial charge in [0.05, 0.1) is 0 Å². The Morgan fingerprint density at radius 2 is 1.84 bits per heavy atom. The Kier molecular flexibility index (Phi) is 4.80. The number of rotatable bonds is 5. The molecule has 19 heavy (non-hydrogen) atoms. The third-order valence-corrected chi connectivity index (χ3v) is 2.99. The second kappa shape index (κ2) is 5.78. The van der Waals surface area contributed by atoms with Crippen LogP contribution >= 0.6 is 0 Å². The minimum absolute atomic E-state index is 0.00969. The molecule has 1 aromatic rings. The van der Waals surface area contributed by atoms with E-state index in [1.165, 1.54) is 6.07 Å². The lowest BCUT2D eigenvalue weighted by atomic mass is 9.80. The van der Waals surface area contributed by atoms with Crippen LogP contribution in [0.25, 0.3) is 0 Å². The molecule has 0 radical (unpaired) electrons. The monoisotopic (exact) mass is 269 g/mol. The molecule has 0 aliphatic heterocycles. The summed E-state index contributed by atoms with van der Waals surface area (Å²) < 4.78 is 26.3. The Bertz CT molecular complexity index is 464. The van der Waals surface area contributed by atoms with Crippen LogP contribution in [0.3, 0.4) is 0 Å². The predicted molar refractivity (Wildman–Crippen MR) is 71.8 cm³/mol. The molecule has 2 N–H and O–H groups in total. The van der Waals surface area contributed by atoms with E-state index in [2.05, 4.69) is 0 Å². The van der Waals surface area contributed by atoms with Gasteiger partial charge >= 0.3 is 0 Å². The van der Waals surface area contributed by atoms with E-state index in [1.807, 2.05) is 13.8 Å². The fourth-order valence-corrected chi connectivity index (χ4v) is 2.04. The summed E-state index contributed by atoms with van der Waals surface area (Å²) in [6, 6.07) is 3.59. The van der Waals surface area contributed by atoms with E-state index >= 15 is 0 Å². The first-order valence-electron chi connectivity index (χ1n) is 6.39. The fraction of sp³-hybridized carbons (Fsp3) is 0.533. The lowest BCUT2D eigenvalue weighted by Crippen LogP contribution is -2.36. The molecule has 0 aliphatic rings. The van der Waals surface area contributed by atoms with E-state index in [-0.39, 0.29) is 11.7 Å². The molecule has 0 aliphatic carbocycles. The highest BCUT2D eigenvalue weighted by atomic mass is 19.2. The number of carbonyl (C=O) groups excluding carboxylic acids is 1. The van der Waals surface area contributed by atoms with Crippen molar-refractivity contribution in [1.29, 1.82) is 0 Å². The Morgan fingerprint density at radius 1 is 1.26 bits per heavy atom. The van der Waals surface area contributed by atoms with Gasteiger partial charge in [-0.05, 0) is 38.0 Å². The summed E-state index contributed by atoms with van der Waals surface area (Å²) in [5.41, 5.74) is 5.89. The van der Waals surface area contributed by atoms with E-state index in [4.69, 9.17) is 5.73 Å². The van der Waals surface area contributed by atoms with Crippen molar-refractivity contribution in [1.82, 2.24) is 0 Å². The van der Waals surface area contributed by atoms with Gasteiger partial charge in [0.2, 0.25) is 0 Å². The topological polar surface area (TPSA) is 43.1 Å². The number of hydrogen-bond donors (Lipinski definition) is 1. The number of carbonyl (C=O) groups is 1. The zero-order valence-corrected chi connectivity index (χ0v) is 11.8. The molecule has 0 heterocycles. The summed E-state index contributed by atoms with van der Waals surface area (Å²) in [6.07, 6.45) is 0.398. The third kappa shape index (κ3) is 4.39. The summed E-state index contributed by atoms with van der Waals surface area (Å²) in [5.74, 6) is -2.54. The average Bonchev–Trinajstić information content (AvgIpc) is 2.27. The van der Waals surface area contributed by atoms with Crippen molar-refractivity contribution in [3.63, 3.8) is 0 Å². The molecule has 106 valence electrons. The van der Waals surface area contributed by atoms with Crippen molar-refractivity contribution < 1.29 is 13.6 Å². The van der Waals surface area contributed by atoms with Gasteiger partial charge in [-0.15, -0.1) is 0 Å². The maximum atomic E-state index is 13.3. The Balaban J connectivity index is 3.15. The van der Waals surface area contributed by atoms with Gasteiger partial charge in [0.15, 0.2) is 11.6 Å². The molecule has 1 aromatic carbocycles. The van der Waals surface area contributed by atoms with Crippen LogP contribution in [0.2, 0.25) is 0 Å². The van der Waals surface area contributed by atoms with Crippen LogP contribution in [0.4, 0.5) is 8.78 Å². The van der Waals surface area contributed by atoms with Gasteiger partial charge in [0.1, 0.15) is 5.78 Å². The van der Waals surface area contributed by atoms with Gasteiger partial charge in [0, 0.05) is 17.4 Å². The highest BCUT2D eigenvalue weighted by Crippen LogP contribution is 2.29. The molecule has 0 bridgehead atoms. The van der Waals surface area contributed by atoms with Crippen LogP contribution in [-0.4, -0.2) is 11.3 Å². The lowest BCUT2D eigenvalue weighted by molar-refractivity contribution is -0.123. The molecule has 1 atom stereocenters. The first-order valence-corrected chi connectivity index (χ1v) is 6.39. The number of benzene rings is 1. The summed E-state index contributed by atoms with van der Waals surface area (Å²) >= 11 is 0. The Morgan fingerprint density at radius 3 is 2.26 bits per heavy atom. The molecular weight excluding hydrogens is 248 g/mol. The number of nitrogens with two attached hydrogens (primary N) is 1. The molecule has 0 aromatic heterocycles. The van der Waals surface area contributed by atoms with Crippen molar-refractivity contribution in [2.75, 3.05) is 0 Å². The van der Waals surface area contributed by atoms with Crippen LogP contribution in [0.15, 0.2) is 18.2 Å². The molecular formula is C15H21F2NO. The van der Waals surface area contributed by atoms with Crippen LogP contribution in [0, 0.1) is 17.6 Å². The summed E-state index contributed by atoms with van der Waals surface area (Å²) in [4.78, 5) is 12.2. The predicted octanol–water partition coefficient (Wildman–Crippen LogP) is 3.40. The molecule has 0 fully saturated rings. The number of ketones is 1. The molecule has 0 saturated carbocycles. The first-order chi connectivity index (χ1) is 8.61. The van der Waals surface area contributed by atoms with Gasteiger partial charge in [0.25, 0.3) is 0 Å². The Labute approximate surface area is 113 Å². The van der Waals surface area contributed by atoms with E-state index in [0.29, 0.717) is 12.0 Å². The summed E-state index contributed by atoms with van der Waals surface area (Å²) in [6.45, 7) is 7.21. The molecule has 0 spiro atoms. The molecule has 2 nitrogen and oxygen atoms in total. The van der Waals surface area contributed by atoms with Crippen LogP contribution < -0.4 is 5.73 Å². The number of halogens is 2. The number of Topliss-reactive ketones (excluding diaryl/α,β-unsaturated/α-hetero) is 1. The van der Waals surface area contributed by atoms with Gasteiger partial charge in [-0.3, -0.25) is 4.79 Å².